The number of nitrogens with zero attached hydrogens (tertiary/aromatic N) is 3. The predicted octanol–water partition coefficient (Wildman–Crippen LogP) is 4.10. The van der Waals surface area contributed by atoms with Gasteiger partial charge in [0.05, 0.1) is 22.0 Å². The van der Waals surface area contributed by atoms with Crippen LogP contribution < -0.4 is 4.74 Å². The molecule has 6 heteroatoms. The second-order valence-electron chi connectivity index (χ2n) is 4.81. The predicted molar refractivity (Wildman–Crippen MR) is 92.3 cm³/mol. The number of hydrogen-bond acceptors (Lipinski definition) is 5. The number of ether oxygens (including phenoxy) is 1. The van der Waals surface area contributed by atoms with E-state index in [1.165, 1.54) is 34.7 Å². The van der Waals surface area contributed by atoms with E-state index in [0.29, 0.717) is 5.88 Å². The molecule has 0 spiro atoms. The van der Waals surface area contributed by atoms with Crippen LogP contribution in [0.4, 0.5) is 0 Å². The molecule has 0 bridgehead atoms. The summed E-state index contributed by atoms with van der Waals surface area (Å²) in [4.78, 5) is 2.19. The number of likely N-dealkylation sites (N-methyl/N-ethyl adjacent to an activating group) is 1. The normalized spacial score (nSPS) is 15.1. The van der Waals surface area contributed by atoms with Crippen molar-refractivity contribution < 1.29 is 4.74 Å². The number of unbranched alkanes of at least 4 members (excludes halogenated alkanes) is 3. The summed E-state index contributed by atoms with van der Waals surface area (Å²) < 4.78 is 15.7. The summed E-state index contributed by atoms with van der Waals surface area (Å²) in [5, 5.41) is 0. The summed E-state index contributed by atoms with van der Waals surface area (Å²) >= 11 is 3.57. The Morgan fingerprint density at radius 3 is 3.00 bits per heavy atom. The molecule has 0 saturated carbocycles. The number of hydrogen-bond donors (Lipinski definition) is 0. The molecule has 0 fully saturated rings. The number of halogens is 1. The third-order valence-corrected chi connectivity index (χ3v) is 5.09. The van der Waals surface area contributed by atoms with Crippen LogP contribution >= 0.6 is 34.3 Å². The van der Waals surface area contributed by atoms with E-state index in [-0.39, 0.29) is 0 Å². The molecule has 0 unspecified atom stereocenters. The van der Waals surface area contributed by atoms with E-state index in [2.05, 4.69) is 62.4 Å². The molecule has 1 aromatic heterocycles. The largest absolute Gasteiger partial charge is 0.475 e. The number of allylic oxidation sites excluding steroid dienone is 2. The van der Waals surface area contributed by atoms with Crippen LogP contribution in [0, 0.1) is 0 Å². The van der Waals surface area contributed by atoms with Gasteiger partial charge in [-0.1, -0.05) is 38.3 Å². The van der Waals surface area contributed by atoms with E-state index < -0.39 is 0 Å². The van der Waals surface area contributed by atoms with Gasteiger partial charge in [-0.2, -0.15) is 4.37 Å². The summed E-state index contributed by atoms with van der Waals surface area (Å²) in [6.45, 7) is 3.87. The van der Waals surface area contributed by atoms with Crippen molar-refractivity contribution in [3.63, 3.8) is 0 Å². The molecule has 2 rings (SSSR count). The van der Waals surface area contributed by atoms with Crippen LogP contribution in [0.1, 0.15) is 38.3 Å². The number of rotatable bonds is 7. The fourth-order valence-electron chi connectivity index (χ4n) is 2.00. The Bertz CT molecular complexity index is 498. The molecule has 1 aliphatic rings. The maximum absolute atomic E-state index is 5.81. The zero-order valence-electron chi connectivity index (χ0n) is 11.9. The Morgan fingerprint density at radius 2 is 2.20 bits per heavy atom. The van der Waals surface area contributed by atoms with E-state index in [1.807, 2.05) is 0 Å². The molecular formula is C14H20IN3OS. The summed E-state index contributed by atoms with van der Waals surface area (Å²) in [5.41, 5.74) is 1.98. The first-order valence-electron chi connectivity index (χ1n) is 6.97. The van der Waals surface area contributed by atoms with Gasteiger partial charge in [0, 0.05) is 19.2 Å². The maximum Gasteiger partial charge on any atom is 0.254 e. The van der Waals surface area contributed by atoms with E-state index in [9.17, 15) is 0 Å². The topological polar surface area (TPSA) is 38.3 Å². The monoisotopic (exact) mass is 405 g/mol. The molecule has 0 saturated heterocycles. The van der Waals surface area contributed by atoms with E-state index >= 15 is 0 Å². The van der Waals surface area contributed by atoms with Crippen molar-refractivity contribution >= 4 is 39.9 Å². The molecule has 0 atom stereocenters. The van der Waals surface area contributed by atoms with Crippen LogP contribution in [0.5, 0.6) is 5.88 Å². The molecular weight excluding hydrogens is 385 g/mol. The summed E-state index contributed by atoms with van der Waals surface area (Å²) in [6, 6.07) is 0. The minimum atomic E-state index is 0.676. The lowest BCUT2D eigenvalue weighted by molar-refractivity contribution is 0.295. The Hall–Kier alpha value is -0.630. The summed E-state index contributed by atoms with van der Waals surface area (Å²) in [6.07, 6.45) is 9.06. The van der Waals surface area contributed by atoms with Gasteiger partial charge >= 0.3 is 0 Å². The Balaban J connectivity index is 2.02. The van der Waals surface area contributed by atoms with Gasteiger partial charge < -0.3 is 9.64 Å². The fraction of sp³-hybridized carbons (Fsp3) is 0.571. The molecule has 0 N–H and O–H groups in total. The van der Waals surface area contributed by atoms with E-state index in [4.69, 9.17) is 4.74 Å². The van der Waals surface area contributed by atoms with Gasteiger partial charge in [-0.05, 0) is 29.0 Å². The zero-order valence-corrected chi connectivity index (χ0v) is 14.9. The van der Waals surface area contributed by atoms with Gasteiger partial charge in [0.15, 0.2) is 5.69 Å². The van der Waals surface area contributed by atoms with Crippen molar-refractivity contribution in [3.8, 4) is 5.88 Å². The standard InChI is InChI=1S/C14H20IN3OS/c1-3-4-5-6-10-19-14-12(16-20-17-14)11-8-7-9-18(2)13(11)15/h7-8H,3-6,9-10H2,1-2H3. The molecule has 4 nitrogen and oxygen atoms in total. The second-order valence-corrected chi connectivity index (χ2v) is 6.36. The van der Waals surface area contributed by atoms with Gasteiger partial charge in [-0.15, -0.1) is 4.37 Å². The molecule has 20 heavy (non-hydrogen) atoms. The van der Waals surface area contributed by atoms with Crippen molar-refractivity contribution in [1.29, 1.82) is 0 Å². The van der Waals surface area contributed by atoms with Gasteiger partial charge in [0.2, 0.25) is 0 Å². The van der Waals surface area contributed by atoms with Gasteiger partial charge in [0.1, 0.15) is 0 Å². The molecule has 0 radical (unpaired) electrons. The first-order chi connectivity index (χ1) is 9.74. The lowest BCUT2D eigenvalue weighted by Crippen LogP contribution is -2.18. The number of aromatic nitrogens is 2. The van der Waals surface area contributed by atoms with Crippen molar-refractivity contribution in [2.24, 2.45) is 0 Å². The van der Waals surface area contributed by atoms with Crippen LogP contribution in [0.25, 0.3) is 5.57 Å². The van der Waals surface area contributed by atoms with Crippen LogP contribution in [-0.4, -0.2) is 33.8 Å². The van der Waals surface area contributed by atoms with Crippen molar-refractivity contribution in [1.82, 2.24) is 13.6 Å². The molecule has 0 amide bonds. The molecule has 110 valence electrons. The second kappa shape index (κ2) is 7.97. The highest BCUT2D eigenvalue weighted by Gasteiger charge is 2.19. The summed E-state index contributed by atoms with van der Waals surface area (Å²) in [7, 11) is 2.08. The van der Waals surface area contributed by atoms with E-state index in [0.717, 1.165) is 30.8 Å². The molecule has 1 aliphatic heterocycles. The Morgan fingerprint density at radius 1 is 1.35 bits per heavy atom. The smallest absolute Gasteiger partial charge is 0.254 e. The minimum absolute atomic E-state index is 0.676. The quantitative estimate of drug-likeness (QED) is 0.389. The zero-order chi connectivity index (χ0) is 14.4. The van der Waals surface area contributed by atoms with Crippen LogP contribution in [0.3, 0.4) is 0 Å². The fourth-order valence-corrected chi connectivity index (χ4v) is 3.14. The van der Waals surface area contributed by atoms with Gasteiger partial charge in [-0.3, -0.25) is 0 Å². The Kier molecular flexibility index (Phi) is 6.28. The molecule has 2 heterocycles. The average molecular weight is 405 g/mol. The highest BCUT2D eigenvalue weighted by atomic mass is 127. The highest BCUT2D eigenvalue weighted by Crippen LogP contribution is 2.33. The first-order valence-corrected chi connectivity index (χ1v) is 8.78. The minimum Gasteiger partial charge on any atom is -0.475 e. The van der Waals surface area contributed by atoms with Crippen molar-refractivity contribution in [2.75, 3.05) is 20.2 Å². The molecule has 0 aliphatic carbocycles. The molecule has 1 aromatic rings. The molecule has 0 aromatic carbocycles. The lowest BCUT2D eigenvalue weighted by atomic mass is 10.1. The average Bonchev–Trinajstić information content (AvgIpc) is 2.90. The summed E-state index contributed by atoms with van der Waals surface area (Å²) in [5.74, 6) is 0.676. The van der Waals surface area contributed by atoms with Crippen molar-refractivity contribution in [2.45, 2.75) is 32.6 Å². The van der Waals surface area contributed by atoms with Crippen LogP contribution in [0.2, 0.25) is 0 Å². The lowest BCUT2D eigenvalue weighted by Gasteiger charge is -2.22. The SMILES string of the molecule is CCCCCCOc1nsnc1C1=C(I)N(C)CC=C1. The maximum atomic E-state index is 5.81. The van der Waals surface area contributed by atoms with Crippen LogP contribution in [0.15, 0.2) is 15.9 Å². The third kappa shape index (κ3) is 3.94. The Labute approximate surface area is 138 Å². The van der Waals surface area contributed by atoms with Crippen LogP contribution in [-0.2, 0) is 0 Å². The van der Waals surface area contributed by atoms with Crippen molar-refractivity contribution in [3.05, 3.63) is 21.5 Å². The van der Waals surface area contributed by atoms with Gasteiger partial charge in [-0.25, -0.2) is 0 Å². The van der Waals surface area contributed by atoms with Gasteiger partial charge in [0.25, 0.3) is 5.88 Å². The van der Waals surface area contributed by atoms with E-state index in [1.54, 1.807) is 0 Å². The first kappa shape index (κ1) is 15.8. The highest BCUT2D eigenvalue weighted by molar-refractivity contribution is 14.1. The third-order valence-electron chi connectivity index (χ3n) is 3.17.